The molecule has 3 rings (SSSR count). The molecule has 0 saturated heterocycles. The highest BCUT2D eigenvalue weighted by Crippen LogP contribution is 2.63. The fraction of sp³-hybridized carbons (Fsp3) is 0.500. The number of carboxylic acids is 1. The Kier molecular flexibility index (Phi) is 1.90. The fourth-order valence-electron chi connectivity index (χ4n) is 3.28. The van der Waals surface area contributed by atoms with Gasteiger partial charge in [0.05, 0.1) is 5.92 Å². The zero-order chi connectivity index (χ0) is 12.3. The van der Waals surface area contributed by atoms with Crippen molar-refractivity contribution in [2.24, 2.45) is 5.92 Å². The number of carbonyl (C=O) groups is 1. The third-order valence-electron chi connectivity index (χ3n) is 3.92. The van der Waals surface area contributed by atoms with Gasteiger partial charge in [-0.05, 0) is 32.8 Å². The molecular weight excluding hydrogens is 216 g/mol. The van der Waals surface area contributed by atoms with Crippen LogP contribution >= 0.6 is 0 Å². The van der Waals surface area contributed by atoms with Gasteiger partial charge in [0.2, 0.25) is 0 Å². The number of aliphatic carboxylic acids is 1. The van der Waals surface area contributed by atoms with Gasteiger partial charge in [-0.25, -0.2) is 0 Å². The Morgan fingerprint density at radius 2 is 2.12 bits per heavy atom. The Balaban J connectivity index is 2.09. The fourth-order valence-corrected chi connectivity index (χ4v) is 3.28. The molecule has 1 N–H and O–H groups in total. The van der Waals surface area contributed by atoms with Gasteiger partial charge in [0.25, 0.3) is 0 Å². The lowest BCUT2D eigenvalue weighted by Gasteiger charge is -2.38. The molecule has 1 saturated carbocycles. The lowest BCUT2D eigenvalue weighted by Crippen LogP contribution is -2.39. The molecule has 1 heterocycles. The van der Waals surface area contributed by atoms with Gasteiger partial charge in [-0.3, -0.25) is 4.79 Å². The van der Waals surface area contributed by atoms with Gasteiger partial charge < -0.3 is 9.84 Å². The minimum atomic E-state index is -0.683. The molecule has 1 spiro atoms. The summed E-state index contributed by atoms with van der Waals surface area (Å²) < 4.78 is 5.93. The van der Waals surface area contributed by atoms with Crippen molar-refractivity contribution in [1.82, 2.24) is 0 Å². The predicted octanol–water partition coefficient (Wildman–Crippen LogP) is 2.59. The number of benzene rings is 1. The smallest absolute Gasteiger partial charge is 0.307 e. The molecule has 3 nitrogen and oxygen atoms in total. The van der Waals surface area contributed by atoms with Crippen LogP contribution in [-0.4, -0.2) is 16.7 Å². The first-order valence-electron chi connectivity index (χ1n) is 5.96. The van der Waals surface area contributed by atoms with Crippen LogP contribution in [0.2, 0.25) is 0 Å². The molecular formula is C14H16O3. The monoisotopic (exact) mass is 232 g/mol. The van der Waals surface area contributed by atoms with Gasteiger partial charge in [0, 0.05) is 11.0 Å². The van der Waals surface area contributed by atoms with E-state index in [0.717, 1.165) is 24.2 Å². The quantitative estimate of drug-likeness (QED) is 0.809. The van der Waals surface area contributed by atoms with Crippen LogP contribution in [0.4, 0.5) is 0 Å². The molecule has 90 valence electrons. The Morgan fingerprint density at radius 3 is 2.76 bits per heavy atom. The van der Waals surface area contributed by atoms with Gasteiger partial charge in [0.15, 0.2) is 0 Å². The molecule has 1 aliphatic heterocycles. The van der Waals surface area contributed by atoms with Crippen LogP contribution in [0.1, 0.15) is 32.3 Å². The van der Waals surface area contributed by atoms with Crippen LogP contribution in [-0.2, 0) is 10.2 Å². The van der Waals surface area contributed by atoms with E-state index in [1.54, 1.807) is 0 Å². The van der Waals surface area contributed by atoms with Gasteiger partial charge in [-0.15, -0.1) is 0 Å². The number of rotatable bonds is 1. The van der Waals surface area contributed by atoms with E-state index in [9.17, 15) is 9.90 Å². The molecule has 1 fully saturated rings. The molecule has 3 heteroatoms. The Hall–Kier alpha value is -1.51. The number of para-hydroxylation sites is 1. The van der Waals surface area contributed by atoms with Crippen LogP contribution in [0.3, 0.4) is 0 Å². The Morgan fingerprint density at radius 1 is 1.41 bits per heavy atom. The maximum Gasteiger partial charge on any atom is 0.307 e. The van der Waals surface area contributed by atoms with Crippen LogP contribution in [0, 0.1) is 5.92 Å². The van der Waals surface area contributed by atoms with E-state index in [4.69, 9.17) is 4.74 Å². The third-order valence-corrected chi connectivity index (χ3v) is 3.92. The lowest BCUT2D eigenvalue weighted by atomic mass is 9.80. The van der Waals surface area contributed by atoms with Crippen molar-refractivity contribution in [2.45, 2.75) is 37.7 Å². The number of fused-ring (bicyclic) bond motifs is 2. The van der Waals surface area contributed by atoms with E-state index in [0.29, 0.717) is 0 Å². The highest BCUT2D eigenvalue weighted by Gasteiger charge is 2.64. The van der Waals surface area contributed by atoms with Crippen molar-refractivity contribution >= 4 is 5.97 Å². The summed E-state index contributed by atoms with van der Waals surface area (Å²) in [4.78, 5) is 11.2. The maximum atomic E-state index is 11.2. The number of hydrogen-bond donors (Lipinski definition) is 1. The van der Waals surface area contributed by atoms with Crippen molar-refractivity contribution in [3.63, 3.8) is 0 Å². The molecule has 1 aliphatic carbocycles. The number of ether oxygens (including phenoxy) is 1. The molecule has 0 aromatic heterocycles. The maximum absolute atomic E-state index is 11.2. The van der Waals surface area contributed by atoms with Crippen LogP contribution in [0.25, 0.3) is 0 Å². The largest absolute Gasteiger partial charge is 0.488 e. The number of hydrogen-bond acceptors (Lipinski definition) is 2. The predicted molar refractivity (Wildman–Crippen MR) is 63.2 cm³/mol. The van der Waals surface area contributed by atoms with Crippen molar-refractivity contribution in [2.75, 3.05) is 0 Å². The molecule has 0 amide bonds. The molecule has 0 bridgehead atoms. The van der Waals surface area contributed by atoms with E-state index in [2.05, 4.69) is 0 Å². The van der Waals surface area contributed by atoms with E-state index in [1.165, 1.54) is 0 Å². The van der Waals surface area contributed by atoms with Gasteiger partial charge in [-0.1, -0.05) is 18.2 Å². The Labute approximate surface area is 100 Å². The van der Waals surface area contributed by atoms with Gasteiger partial charge in [0.1, 0.15) is 11.4 Å². The van der Waals surface area contributed by atoms with E-state index in [1.807, 2.05) is 38.1 Å². The summed E-state index contributed by atoms with van der Waals surface area (Å²) in [6.45, 7) is 4.06. The summed E-state index contributed by atoms with van der Waals surface area (Å²) in [6.07, 6.45) is 1.53. The number of carboxylic acid groups (broad SMARTS) is 1. The van der Waals surface area contributed by atoms with Crippen molar-refractivity contribution < 1.29 is 14.6 Å². The van der Waals surface area contributed by atoms with E-state index in [-0.39, 0.29) is 16.9 Å². The minimum absolute atomic E-state index is 0.190. The Bertz CT molecular complexity index is 492. The average molecular weight is 232 g/mol. The van der Waals surface area contributed by atoms with Crippen LogP contribution in [0.5, 0.6) is 5.75 Å². The second kappa shape index (κ2) is 3.03. The van der Waals surface area contributed by atoms with Crippen LogP contribution in [0.15, 0.2) is 24.3 Å². The first kappa shape index (κ1) is 10.6. The topological polar surface area (TPSA) is 46.5 Å². The normalized spacial score (nSPS) is 32.7. The van der Waals surface area contributed by atoms with E-state index >= 15 is 0 Å². The SMILES string of the molecule is CC1(C)C[C@@]2(C[C@@H]2C(=O)O)c2ccccc2O1. The lowest BCUT2D eigenvalue weighted by molar-refractivity contribution is -0.139. The highest BCUT2D eigenvalue weighted by atomic mass is 16.5. The zero-order valence-corrected chi connectivity index (χ0v) is 10.1. The summed E-state index contributed by atoms with van der Waals surface area (Å²) in [6, 6.07) is 7.84. The van der Waals surface area contributed by atoms with Gasteiger partial charge >= 0.3 is 5.97 Å². The summed E-state index contributed by atoms with van der Waals surface area (Å²) in [7, 11) is 0. The minimum Gasteiger partial charge on any atom is -0.488 e. The summed E-state index contributed by atoms with van der Waals surface area (Å²) in [5.74, 6) is -0.0724. The molecule has 17 heavy (non-hydrogen) atoms. The second-order valence-electron chi connectivity index (χ2n) is 5.79. The first-order chi connectivity index (χ1) is 7.95. The summed E-state index contributed by atoms with van der Waals surface area (Å²) in [5, 5.41) is 9.23. The molecule has 1 aromatic carbocycles. The third kappa shape index (κ3) is 1.45. The molecule has 0 unspecified atom stereocenters. The molecule has 2 aliphatic rings. The summed E-state index contributed by atoms with van der Waals surface area (Å²) in [5.41, 5.74) is 0.606. The molecule has 2 atom stereocenters. The highest BCUT2D eigenvalue weighted by molar-refractivity contribution is 5.78. The second-order valence-corrected chi connectivity index (χ2v) is 5.79. The van der Waals surface area contributed by atoms with Crippen molar-refractivity contribution in [3.05, 3.63) is 29.8 Å². The molecule has 0 radical (unpaired) electrons. The average Bonchev–Trinajstić information content (AvgIpc) is 2.91. The standard InChI is InChI=1S/C14H16O3/c1-13(2)8-14(7-10(14)12(15)16)9-5-3-4-6-11(9)17-13/h3-6,10H,7-8H2,1-2H3,(H,15,16)/t10-,14+/m1/s1. The summed E-state index contributed by atoms with van der Waals surface area (Å²) >= 11 is 0. The molecule has 1 aromatic rings. The van der Waals surface area contributed by atoms with E-state index < -0.39 is 5.97 Å². The van der Waals surface area contributed by atoms with Crippen molar-refractivity contribution in [3.8, 4) is 5.75 Å². The zero-order valence-electron chi connectivity index (χ0n) is 10.1. The van der Waals surface area contributed by atoms with Gasteiger partial charge in [-0.2, -0.15) is 0 Å². The van der Waals surface area contributed by atoms with Crippen LogP contribution < -0.4 is 4.74 Å². The van der Waals surface area contributed by atoms with Crippen molar-refractivity contribution in [1.29, 1.82) is 0 Å². The first-order valence-corrected chi connectivity index (χ1v) is 5.96.